The van der Waals surface area contributed by atoms with E-state index in [2.05, 4.69) is 5.32 Å². The maximum atomic E-state index is 9.33. The van der Waals surface area contributed by atoms with Gasteiger partial charge >= 0.3 is 0 Å². The molecule has 86 valence electrons. The lowest BCUT2D eigenvalue weighted by Gasteiger charge is -2.63. The zero-order valence-electron chi connectivity index (χ0n) is 9.41. The van der Waals surface area contributed by atoms with Crippen molar-refractivity contribution in [1.82, 2.24) is 5.32 Å². The van der Waals surface area contributed by atoms with Crippen molar-refractivity contribution in [3.63, 3.8) is 0 Å². The highest BCUT2D eigenvalue weighted by Gasteiger charge is 2.66. The van der Waals surface area contributed by atoms with Gasteiger partial charge in [-0.3, -0.25) is 0 Å². The third-order valence-electron chi connectivity index (χ3n) is 4.67. The molecule has 1 aliphatic heterocycles. The van der Waals surface area contributed by atoms with E-state index in [9.17, 15) is 5.11 Å². The summed E-state index contributed by atoms with van der Waals surface area (Å²) in [6.45, 7) is 3.53. The van der Waals surface area contributed by atoms with Crippen molar-refractivity contribution in [3.05, 3.63) is 0 Å². The molecule has 2 saturated carbocycles. The molecule has 2 aliphatic carbocycles. The molecule has 0 amide bonds. The highest BCUT2D eigenvalue weighted by molar-refractivity contribution is 5.18. The van der Waals surface area contributed by atoms with Gasteiger partial charge in [0.1, 0.15) is 0 Å². The van der Waals surface area contributed by atoms with Crippen LogP contribution in [0.2, 0.25) is 0 Å². The molecule has 0 radical (unpaired) electrons. The summed E-state index contributed by atoms with van der Waals surface area (Å²) in [6.07, 6.45) is 5.53. The maximum absolute atomic E-state index is 9.33. The van der Waals surface area contributed by atoms with E-state index in [0.29, 0.717) is 17.6 Å². The molecule has 3 rings (SSSR count). The smallest absolute Gasteiger partial charge is 0.0690 e. The Balaban J connectivity index is 1.66. The first-order chi connectivity index (χ1) is 7.24. The fourth-order valence-electron chi connectivity index (χ4n) is 3.86. The predicted molar refractivity (Wildman–Crippen MR) is 57.6 cm³/mol. The van der Waals surface area contributed by atoms with Gasteiger partial charge in [0.25, 0.3) is 0 Å². The lowest BCUT2D eigenvalue weighted by Crippen LogP contribution is -2.71. The number of fused-ring (bicyclic) bond motifs is 2. The Morgan fingerprint density at radius 1 is 1.53 bits per heavy atom. The normalized spacial score (nSPS) is 43.2. The van der Waals surface area contributed by atoms with Crippen LogP contribution in [0.4, 0.5) is 0 Å². The molecule has 0 bridgehead atoms. The molecule has 15 heavy (non-hydrogen) atoms. The van der Waals surface area contributed by atoms with Gasteiger partial charge in [0.15, 0.2) is 0 Å². The highest BCUT2D eigenvalue weighted by Crippen LogP contribution is 2.62. The molecule has 1 spiro atoms. The molecular weight excluding hydrogens is 190 g/mol. The molecule has 0 aromatic rings. The average molecular weight is 211 g/mol. The summed E-state index contributed by atoms with van der Waals surface area (Å²) in [5.74, 6) is 0.726. The lowest BCUT2D eigenvalue weighted by atomic mass is 9.46. The van der Waals surface area contributed by atoms with Crippen molar-refractivity contribution in [2.45, 2.75) is 50.9 Å². The topological polar surface area (TPSA) is 41.5 Å². The molecule has 4 unspecified atom stereocenters. The van der Waals surface area contributed by atoms with E-state index >= 15 is 0 Å². The summed E-state index contributed by atoms with van der Waals surface area (Å²) in [6, 6.07) is 0.619. The van der Waals surface area contributed by atoms with E-state index in [1.165, 1.54) is 25.7 Å². The largest absolute Gasteiger partial charge is 0.392 e. The van der Waals surface area contributed by atoms with Crippen LogP contribution in [0.1, 0.15) is 32.6 Å². The van der Waals surface area contributed by atoms with Crippen LogP contribution in [0.15, 0.2) is 0 Å². The van der Waals surface area contributed by atoms with E-state index in [-0.39, 0.29) is 6.10 Å². The Morgan fingerprint density at radius 2 is 2.33 bits per heavy atom. The Labute approximate surface area is 91.2 Å². The molecule has 3 nitrogen and oxygen atoms in total. The average Bonchev–Trinajstić information content (AvgIpc) is 2.47. The summed E-state index contributed by atoms with van der Waals surface area (Å²) in [5, 5.41) is 12.9. The van der Waals surface area contributed by atoms with Crippen LogP contribution in [0.25, 0.3) is 0 Å². The number of ether oxygens (including phenoxy) is 1. The number of hydrogen-bond acceptors (Lipinski definition) is 3. The molecule has 3 heteroatoms. The van der Waals surface area contributed by atoms with Gasteiger partial charge in [0, 0.05) is 30.5 Å². The highest BCUT2D eigenvalue weighted by atomic mass is 16.5. The Morgan fingerprint density at radius 3 is 2.93 bits per heavy atom. The monoisotopic (exact) mass is 211 g/mol. The van der Waals surface area contributed by atoms with Crippen LogP contribution in [-0.2, 0) is 4.74 Å². The fraction of sp³-hybridized carbons (Fsp3) is 1.00. The second-order valence-electron chi connectivity index (χ2n) is 5.57. The lowest BCUT2D eigenvalue weighted by molar-refractivity contribution is -0.176. The molecule has 0 aromatic carbocycles. The second kappa shape index (κ2) is 3.44. The number of rotatable bonds is 3. The molecule has 0 aromatic heterocycles. The zero-order valence-corrected chi connectivity index (χ0v) is 9.41. The van der Waals surface area contributed by atoms with Crippen LogP contribution in [0.3, 0.4) is 0 Å². The number of aliphatic hydroxyl groups excluding tert-OH is 1. The third-order valence-corrected chi connectivity index (χ3v) is 4.67. The first-order valence-electron chi connectivity index (χ1n) is 6.27. The van der Waals surface area contributed by atoms with Gasteiger partial charge in [-0.15, -0.1) is 0 Å². The molecule has 4 atom stereocenters. The Hall–Kier alpha value is -0.120. The summed E-state index contributed by atoms with van der Waals surface area (Å²) in [4.78, 5) is 0. The summed E-state index contributed by atoms with van der Waals surface area (Å²) >= 11 is 0. The first kappa shape index (κ1) is 10.1. The van der Waals surface area contributed by atoms with Crippen LogP contribution >= 0.6 is 0 Å². The van der Waals surface area contributed by atoms with Gasteiger partial charge in [-0.05, 0) is 26.2 Å². The Kier molecular flexibility index (Phi) is 2.31. The SMILES string of the molecule is CC(O)CNC1C2CCOC2C12CCC2. The van der Waals surface area contributed by atoms with Gasteiger partial charge in [-0.2, -0.15) is 0 Å². The zero-order chi connectivity index (χ0) is 10.5. The van der Waals surface area contributed by atoms with Crippen molar-refractivity contribution in [1.29, 1.82) is 0 Å². The van der Waals surface area contributed by atoms with Crippen molar-refractivity contribution in [2.75, 3.05) is 13.2 Å². The quantitative estimate of drug-likeness (QED) is 0.729. The van der Waals surface area contributed by atoms with Crippen LogP contribution < -0.4 is 5.32 Å². The molecule has 3 fully saturated rings. The summed E-state index contributed by atoms with van der Waals surface area (Å²) in [5.41, 5.74) is 0.454. The minimum absolute atomic E-state index is 0.233. The number of nitrogens with one attached hydrogen (secondary N) is 1. The molecule has 2 N–H and O–H groups in total. The van der Waals surface area contributed by atoms with Crippen molar-refractivity contribution in [3.8, 4) is 0 Å². The molecule has 1 saturated heterocycles. The van der Waals surface area contributed by atoms with Gasteiger partial charge in [0.2, 0.25) is 0 Å². The Bertz CT molecular complexity index is 250. The maximum Gasteiger partial charge on any atom is 0.0690 e. The number of aliphatic hydroxyl groups is 1. The molecule has 1 heterocycles. The van der Waals surface area contributed by atoms with Crippen molar-refractivity contribution < 1.29 is 9.84 Å². The molecule has 3 aliphatic rings. The van der Waals surface area contributed by atoms with Gasteiger partial charge in [0.05, 0.1) is 12.2 Å². The summed E-state index contributed by atoms with van der Waals surface area (Å²) < 4.78 is 5.84. The summed E-state index contributed by atoms with van der Waals surface area (Å²) in [7, 11) is 0. The van der Waals surface area contributed by atoms with E-state index in [0.717, 1.165) is 19.1 Å². The van der Waals surface area contributed by atoms with Crippen molar-refractivity contribution >= 4 is 0 Å². The third kappa shape index (κ3) is 1.30. The number of hydrogen-bond donors (Lipinski definition) is 2. The minimum Gasteiger partial charge on any atom is -0.392 e. The minimum atomic E-state index is -0.233. The second-order valence-corrected chi connectivity index (χ2v) is 5.57. The van der Waals surface area contributed by atoms with Crippen LogP contribution in [0, 0.1) is 11.3 Å². The first-order valence-corrected chi connectivity index (χ1v) is 6.27. The van der Waals surface area contributed by atoms with E-state index in [4.69, 9.17) is 4.74 Å². The van der Waals surface area contributed by atoms with Crippen molar-refractivity contribution in [2.24, 2.45) is 11.3 Å². The molecular formula is C12H21NO2. The van der Waals surface area contributed by atoms with Gasteiger partial charge in [-0.25, -0.2) is 0 Å². The predicted octanol–water partition coefficient (Wildman–Crippen LogP) is 0.914. The van der Waals surface area contributed by atoms with E-state index < -0.39 is 0 Å². The van der Waals surface area contributed by atoms with E-state index in [1.807, 2.05) is 6.92 Å². The fourth-order valence-corrected chi connectivity index (χ4v) is 3.86. The van der Waals surface area contributed by atoms with Crippen LogP contribution in [0.5, 0.6) is 0 Å². The standard InChI is InChI=1S/C12H21NO2/c1-8(14)7-13-10-9-3-6-15-11(9)12(10)4-2-5-12/h8-11,13-14H,2-7H2,1H3. The van der Waals surface area contributed by atoms with E-state index in [1.54, 1.807) is 0 Å². The van der Waals surface area contributed by atoms with Gasteiger partial charge in [-0.1, -0.05) is 6.42 Å². The van der Waals surface area contributed by atoms with Crippen LogP contribution in [-0.4, -0.2) is 36.5 Å². The van der Waals surface area contributed by atoms with Gasteiger partial charge < -0.3 is 15.2 Å².